The van der Waals surface area contributed by atoms with Crippen molar-refractivity contribution in [1.82, 2.24) is 14.2 Å². The molecule has 0 saturated carbocycles. The smallest absolute Gasteiger partial charge is 0.255 e. The van der Waals surface area contributed by atoms with Crippen molar-refractivity contribution in [1.29, 1.82) is 0 Å². The molecule has 168 valence electrons. The molecule has 1 aliphatic rings. The fourth-order valence-electron chi connectivity index (χ4n) is 3.58. The maximum Gasteiger partial charge on any atom is 0.255 e. The standard InChI is InChI=1S/C22H30N4O4S/c1-4-24(5-2)21-12-7-18(17-23-21)22(27)25-13-15-26(16-14-25)31(28,29)20-10-8-19(9-11-20)30-6-3/h7-12,17H,4-6,13-16H2,1-3H3. The van der Waals surface area contributed by atoms with Gasteiger partial charge in [-0.25, -0.2) is 13.4 Å². The minimum absolute atomic E-state index is 0.128. The Kier molecular flexibility index (Phi) is 7.50. The first-order chi connectivity index (χ1) is 14.9. The van der Waals surface area contributed by atoms with Gasteiger partial charge in [0.2, 0.25) is 10.0 Å². The van der Waals surface area contributed by atoms with Crippen LogP contribution in [-0.2, 0) is 10.0 Å². The highest BCUT2D eigenvalue weighted by atomic mass is 32.2. The van der Waals surface area contributed by atoms with Crippen LogP contribution in [0.15, 0.2) is 47.5 Å². The van der Waals surface area contributed by atoms with Crippen LogP contribution in [0.3, 0.4) is 0 Å². The van der Waals surface area contributed by atoms with Crippen LogP contribution in [0.5, 0.6) is 5.75 Å². The predicted molar refractivity (Wildman–Crippen MR) is 120 cm³/mol. The topological polar surface area (TPSA) is 83.1 Å². The van der Waals surface area contributed by atoms with Gasteiger partial charge in [0.05, 0.1) is 17.1 Å². The predicted octanol–water partition coefficient (Wildman–Crippen LogP) is 2.47. The van der Waals surface area contributed by atoms with E-state index in [1.165, 1.54) is 4.31 Å². The van der Waals surface area contributed by atoms with Crippen molar-refractivity contribution in [3.8, 4) is 5.75 Å². The zero-order valence-corrected chi connectivity index (χ0v) is 19.1. The van der Waals surface area contributed by atoms with E-state index in [0.29, 0.717) is 31.0 Å². The molecule has 1 aliphatic heterocycles. The second-order valence-corrected chi connectivity index (χ2v) is 9.12. The molecule has 3 rings (SSSR count). The summed E-state index contributed by atoms with van der Waals surface area (Å²) in [4.78, 5) is 21.3. The number of aromatic nitrogens is 1. The molecule has 1 amide bonds. The molecule has 1 fully saturated rings. The Morgan fingerprint density at radius 1 is 1.00 bits per heavy atom. The highest BCUT2D eigenvalue weighted by Crippen LogP contribution is 2.21. The van der Waals surface area contributed by atoms with Crippen LogP contribution in [-0.4, -0.2) is 74.4 Å². The van der Waals surface area contributed by atoms with Crippen molar-refractivity contribution in [3.63, 3.8) is 0 Å². The first kappa shape index (κ1) is 23.0. The number of rotatable bonds is 8. The van der Waals surface area contributed by atoms with E-state index >= 15 is 0 Å². The molecule has 1 saturated heterocycles. The summed E-state index contributed by atoms with van der Waals surface area (Å²) in [5.74, 6) is 1.35. The summed E-state index contributed by atoms with van der Waals surface area (Å²) in [5, 5.41) is 0. The van der Waals surface area contributed by atoms with Gasteiger partial charge in [0.1, 0.15) is 11.6 Å². The highest BCUT2D eigenvalue weighted by Gasteiger charge is 2.30. The number of sulfonamides is 1. The SMILES string of the molecule is CCOc1ccc(S(=O)(=O)N2CCN(C(=O)c3ccc(N(CC)CC)nc3)CC2)cc1. The van der Waals surface area contributed by atoms with Gasteiger partial charge in [-0.05, 0) is 57.2 Å². The van der Waals surface area contributed by atoms with Gasteiger partial charge in [0.15, 0.2) is 0 Å². The summed E-state index contributed by atoms with van der Waals surface area (Å²) in [7, 11) is -3.61. The lowest BCUT2D eigenvalue weighted by Crippen LogP contribution is -2.50. The van der Waals surface area contributed by atoms with E-state index in [1.807, 2.05) is 13.0 Å². The highest BCUT2D eigenvalue weighted by molar-refractivity contribution is 7.89. The minimum Gasteiger partial charge on any atom is -0.494 e. The summed E-state index contributed by atoms with van der Waals surface area (Å²) in [6, 6.07) is 10.1. The van der Waals surface area contributed by atoms with Crippen LogP contribution >= 0.6 is 0 Å². The van der Waals surface area contributed by atoms with E-state index in [0.717, 1.165) is 18.9 Å². The summed E-state index contributed by atoms with van der Waals surface area (Å²) < 4.78 is 32.7. The van der Waals surface area contributed by atoms with Crippen LogP contribution in [0, 0.1) is 0 Å². The van der Waals surface area contributed by atoms with Crippen molar-refractivity contribution in [2.24, 2.45) is 0 Å². The minimum atomic E-state index is -3.61. The monoisotopic (exact) mass is 446 g/mol. The van der Waals surface area contributed by atoms with Crippen LogP contribution < -0.4 is 9.64 Å². The molecule has 9 heteroatoms. The third-order valence-corrected chi connectivity index (χ3v) is 7.29. The van der Waals surface area contributed by atoms with Crippen LogP contribution in [0.25, 0.3) is 0 Å². The van der Waals surface area contributed by atoms with Gasteiger partial charge < -0.3 is 14.5 Å². The number of nitrogens with zero attached hydrogens (tertiary/aromatic N) is 4. The number of anilines is 1. The van der Waals surface area contributed by atoms with Gasteiger partial charge in [-0.3, -0.25) is 4.79 Å². The molecule has 0 atom stereocenters. The number of carbonyl (C=O) groups is 1. The first-order valence-corrected chi connectivity index (χ1v) is 12.1. The summed E-state index contributed by atoms with van der Waals surface area (Å²) in [6.07, 6.45) is 1.60. The van der Waals surface area contributed by atoms with Gasteiger partial charge in [0.25, 0.3) is 5.91 Å². The quantitative estimate of drug-likeness (QED) is 0.620. The molecule has 0 radical (unpaired) electrons. The normalized spacial score (nSPS) is 15.0. The Hall–Kier alpha value is -2.65. The second-order valence-electron chi connectivity index (χ2n) is 7.18. The Bertz CT molecular complexity index is 966. The zero-order valence-electron chi connectivity index (χ0n) is 18.3. The van der Waals surface area contributed by atoms with Crippen LogP contribution in [0.4, 0.5) is 5.82 Å². The average Bonchev–Trinajstić information content (AvgIpc) is 2.80. The molecule has 8 nitrogen and oxygen atoms in total. The van der Waals surface area contributed by atoms with Crippen LogP contribution in [0.1, 0.15) is 31.1 Å². The Labute approximate surface area is 184 Å². The Balaban J connectivity index is 1.62. The fourth-order valence-corrected chi connectivity index (χ4v) is 5.01. The lowest BCUT2D eigenvalue weighted by Gasteiger charge is -2.34. The Morgan fingerprint density at radius 2 is 1.65 bits per heavy atom. The van der Waals surface area contributed by atoms with E-state index in [2.05, 4.69) is 23.7 Å². The van der Waals surface area contributed by atoms with Gasteiger partial charge in [0, 0.05) is 45.5 Å². The number of hydrogen-bond acceptors (Lipinski definition) is 6. The van der Waals surface area contributed by atoms with Crippen molar-refractivity contribution in [2.45, 2.75) is 25.7 Å². The third-order valence-electron chi connectivity index (χ3n) is 5.38. The molecule has 0 N–H and O–H groups in total. The maximum atomic E-state index is 12.9. The maximum absolute atomic E-state index is 12.9. The average molecular weight is 447 g/mol. The number of carbonyl (C=O) groups excluding carboxylic acids is 1. The van der Waals surface area contributed by atoms with Crippen molar-refractivity contribution < 1.29 is 17.9 Å². The second kappa shape index (κ2) is 10.1. The number of benzene rings is 1. The molecular formula is C22H30N4O4S. The molecule has 2 aromatic rings. The van der Waals surface area contributed by atoms with Crippen LogP contribution in [0.2, 0.25) is 0 Å². The van der Waals surface area contributed by atoms with Crippen molar-refractivity contribution in [3.05, 3.63) is 48.2 Å². The lowest BCUT2D eigenvalue weighted by molar-refractivity contribution is 0.0697. The summed E-state index contributed by atoms with van der Waals surface area (Å²) >= 11 is 0. The number of pyridine rings is 1. The molecule has 2 heterocycles. The van der Waals surface area contributed by atoms with Gasteiger partial charge in [-0.15, -0.1) is 0 Å². The number of piperazine rings is 1. The largest absolute Gasteiger partial charge is 0.494 e. The van der Waals surface area contributed by atoms with E-state index in [4.69, 9.17) is 4.74 Å². The van der Waals surface area contributed by atoms with E-state index in [1.54, 1.807) is 41.4 Å². The van der Waals surface area contributed by atoms with Gasteiger partial charge >= 0.3 is 0 Å². The van der Waals surface area contributed by atoms with Gasteiger partial charge in [-0.1, -0.05) is 0 Å². The summed E-state index contributed by atoms with van der Waals surface area (Å²) in [5.41, 5.74) is 0.513. The molecule has 0 aliphatic carbocycles. The first-order valence-electron chi connectivity index (χ1n) is 10.6. The van der Waals surface area contributed by atoms with Crippen molar-refractivity contribution in [2.75, 3.05) is 50.8 Å². The molecule has 0 spiro atoms. The lowest BCUT2D eigenvalue weighted by atomic mass is 10.2. The number of hydrogen-bond donors (Lipinski definition) is 0. The molecule has 1 aromatic heterocycles. The summed E-state index contributed by atoms with van der Waals surface area (Å²) in [6.45, 7) is 9.41. The van der Waals surface area contributed by atoms with E-state index in [9.17, 15) is 13.2 Å². The molecule has 0 bridgehead atoms. The van der Waals surface area contributed by atoms with E-state index in [-0.39, 0.29) is 23.9 Å². The van der Waals surface area contributed by atoms with Gasteiger partial charge in [-0.2, -0.15) is 4.31 Å². The number of amides is 1. The Morgan fingerprint density at radius 3 is 2.16 bits per heavy atom. The molecule has 31 heavy (non-hydrogen) atoms. The zero-order chi connectivity index (χ0) is 22.4. The molecular weight excluding hydrogens is 416 g/mol. The van der Waals surface area contributed by atoms with E-state index < -0.39 is 10.0 Å². The fraction of sp³-hybridized carbons (Fsp3) is 0.455. The molecule has 0 unspecified atom stereocenters. The molecule has 1 aromatic carbocycles. The third kappa shape index (κ3) is 5.16. The number of ether oxygens (including phenoxy) is 1. The van der Waals surface area contributed by atoms with Crippen molar-refractivity contribution >= 4 is 21.7 Å².